The third-order valence-corrected chi connectivity index (χ3v) is 3.85. The van der Waals surface area contributed by atoms with Crippen molar-refractivity contribution in [1.29, 1.82) is 0 Å². The van der Waals surface area contributed by atoms with Gasteiger partial charge in [0.1, 0.15) is 4.99 Å². The Hall–Kier alpha value is -1.62. The Kier molecular flexibility index (Phi) is 5.17. The molecule has 0 fully saturated rings. The minimum absolute atomic E-state index is 0.216. The predicted octanol–water partition coefficient (Wildman–Crippen LogP) is 3.56. The highest BCUT2D eigenvalue weighted by Gasteiger charge is 2.07. The summed E-state index contributed by atoms with van der Waals surface area (Å²) in [4.78, 5) is 12.4. The molecule has 0 aliphatic rings. The number of hydrogen-bond acceptors (Lipinski definition) is 2. The van der Waals surface area contributed by atoms with Gasteiger partial charge in [0.05, 0.1) is 10.0 Å². The van der Waals surface area contributed by atoms with Gasteiger partial charge >= 0.3 is 0 Å². The van der Waals surface area contributed by atoms with Gasteiger partial charge in [0.2, 0.25) is 0 Å². The molecule has 0 atom stereocenters. The van der Waals surface area contributed by atoms with Crippen LogP contribution < -0.4 is 11.1 Å². The number of benzene rings is 2. The molecule has 108 valence electrons. The summed E-state index contributed by atoms with van der Waals surface area (Å²) in [5, 5.41) is 3.58. The molecule has 0 radical (unpaired) electrons. The van der Waals surface area contributed by atoms with Crippen LogP contribution in [-0.4, -0.2) is 10.9 Å². The van der Waals surface area contributed by atoms with E-state index in [0.29, 0.717) is 27.1 Å². The van der Waals surface area contributed by atoms with Crippen molar-refractivity contribution in [3.8, 4) is 0 Å². The first-order valence-electron chi connectivity index (χ1n) is 6.09. The van der Waals surface area contributed by atoms with E-state index in [1.54, 1.807) is 12.1 Å². The first-order chi connectivity index (χ1) is 9.97. The fourth-order valence-electron chi connectivity index (χ4n) is 1.71. The molecular weight excluding hydrogens is 327 g/mol. The van der Waals surface area contributed by atoms with Crippen molar-refractivity contribution in [2.45, 2.75) is 6.54 Å². The highest BCUT2D eigenvalue weighted by Crippen LogP contribution is 2.22. The van der Waals surface area contributed by atoms with E-state index in [1.165, 1.54) is 6.07 Å². The largest absolute Gasteiger partial charge is 0.389 e. The number of thiocarbonyl (C=S) groups is 1. The van der Waals surface area contributed by atoms with Crippen LogP contribution >= 0.6 is 35.4 Å². The Morgan fingerprint density at radius 1 is 1.05 bits per heavy atom. The fourth-order valence-corrected chi connectivity index (χ4v) is 2.14. The summed E-state index contributed by atoms with van der Waals surface area (Å²) < 4.78 is 0. The minimum Gasteiger partial charge on any atom is -0.389 e. The number of hydrogen-bond donors (Lipinski definition) is 2. The Morgan fingerprint density at radius 3 is 2.24 bits per heavy atom. The van der Waals surface area contributed by atoms with Crippen LogP contribution in [0.2, 0.25) is 10.0 Å². The quantitative estimate of drug-likeness (QED) is 0.838. The molecule has 3 nitrogen and oxygen atoms in total. The van der Waals surface area contributed by atoms with Crippen LogP contribution in [0.4, 0.5) is 0 Å². The molecule has 0 spiro atoms. The van der Waals surface area contributed by atoms with Crippen LogP contribution in [-0.2, 0) is 6.54 Å². The number of carbonyl (C=O) groups is 1. The maximum Gasteiger partial charge on any atom is 0.251 e. The van der Waals surface area contributed by atoms with Gasteiger partial charge in [-0.2, -0.15) is 0 Å². The van der Waals surface area contributed by atoms with Gasteiger partial charge in [0.15, 0.2) is 0 Å². The van der Waals surface area contributed by atoms with Gasteiger partial charge in [-0.15, -0.1) is 0 Å². The summed E-state index contributed by atoms with van der Waals surface area (Å²) in [6, 6.07) is 12.1. The first-order valence-corrected chi connectivity index (χ1v) is 7.26. The lowest BCUT2D eigenvalue weighted by atomic mass is 10.1. The predicted molar refractivity (Wildman–Crippen MR) is 90.0 cm³/mol. The standard InChI is InChI=1S/C15H12Cl2N2OS/c16-12-6-5-11(7-13(12)17)15(20)19-8-9-1-3-10(4-2-9)14(18)21/h1-7H,8H2,(H2,18,21)(H,19,20). The van der Waals surface area contributed by atoms with Crippen molar-refractivity contribution in [2.75, 3.05) is 0 Å². The van der Waals surface area contributed by atoms with Crippen molar-refractivity contribution in [3.05, 3.63) is 69.2 Å². The summed E-state index contributed by atoms with van der Waals surface area (Å²) in [6.07, 6.45) is 0. The second-order valence-corrected chi connectivity index (χ2v) is 5.63. The zero-order valence-corrected chi connectivity index (χ0v) is 13.2. The zero-order valence-electron chi connectivity index (χ0n) is 10.9. The number of rotatable bonds is 4. The van der Waals surface area contributed by atoms with E-state index in [2.05, 4.69) is 5.32 Å². The van der Waals surface area contributed by atoms with Crippen LogP contribution in [0.1, 0.15) is 21.5 Å². The molecule has 0 aliphatic carbocycles. The summed E-state index contributed by atoms with van der Waals surface area (Å²) in [6.45, 7) is 0.399. The van der Waals surface area contributed by atoms with E-state index < -0.39 is 0 Å². The Balaban J connectivity index is 2.00. The molecule has 2 aromatic rings. The smallest absolute Gasteiger partial charge is 0.251 e. The van der Waals surface area contributed by atoms with Crippen LogP contribution in [0.25, 0.3) is 0 Å². The molecule has 21 heavy (non-hydrogen) atoms. The van der Waals surface area contributed by atoms with Gasteiger partial charge in [0.25, 0.3) is 5.91 Å². The van der Waals surface area contributed by atoms with Crippen LogP contribution in [0, 0.1) is 0 Å². The molecule has 1 amide bonds. The molecule has 0 heterocycles. The highest BCUT2D eigenvalue weighted by molar-refractivity contribution is 7.80. The van der Waals surface area contributed by atoms with Gasteiger partial charge in [0, 0.05) is 17.7 Å². The van der Waals surface area contributed by atoms with E-state index >= 15 is 0 Å². The Labute approximate surface area is 138 Å². The maximum atomic E-state index is 12.0. The first kappa shape index (κ1) is 15.8. The molecule has 0 aliphatic heterocycles. The van der Waals surface area contributed by atoms with Crippen LogP contribution in [0.5, 0.6) is 0 Å². The fraction of sp³-hybridized carbons (Fsp3) is 0.0667. The number of carbonyl (C=O) groups excluding carboxylic acids is 1. The van der Waals surface area contributed by atoms with Gasteiger partial charge in [-0.1, -0.05) is 59.7 Å². The SMILES string of the molecule is NC(=S)c1ccc(CNC(=O)c2ccc(Cl)c(Cl)c2)cc1. The van der Waals surface area contributed by atoms with Crippen molar-refractivity contribution in [3.63, 3.8) is 0 Å². The van der Waals surface area contributed by atoms with Crippen LogP contribution in [0.15, 0.2) is 42.5 Å². The molecule has 2 rings (SSSR count). The van der Waals surface area contributed by atoms with Crippen molar-refractivity contribution < 1.29 is 4.79 Å². The number of nitrogens with two attached hydrogens (primary N) is 1. The summed E-state index contributed by atoms with van der Waals surface area (Å²) in [7, 11) is 0. The lowest BCUT2D eigenvalue weighted by molar-refractivity contribution is 0.0951. The third-order valence-electron chi connectivity index (χ3n) is 2.87. The number of amides is 1. The zero-order chi connectivity index (χ0) is 15.4. The van der Waals surface area contributed by atoms with Crippen LogP contribution in [0.3, 0.4) is 0 Å². The second-order valence-electron chi connectivity index (χ2n) is 4.37. The average molecular weight is 339 g/mol. The summed E-state index contributed by atoms with van der Waals surface area (Å²) in [5.74, 6) is -0.216. The summed E-state index contributed by atoms with van der Waals surface area (Å²) in [5.41, 5.74) is 7.73. The molecular formula is C15H12Cl2N2OS. The molecule has 3 N–H and O–H groups in total. The average Bonchev–Trinajstić information content (AvgIpc) is 2.48. The van der Waals surface area contributed by atoms with E-state index in [0.717, 1.165) is 11.1 Å². The van der Waals surface area contributed by atoms with E-state index in [-0.39, 0.29) is 5.91 Å². The van der Waals surface area contributed by atoms with Gasteiger partial charge in [-0.3, -0.25) is 4.79 Å². The maximum absolute atomic E-state index is 12.0. The van der Waals surface area contributed by atoms with E-state index in [1.807, 2.05) is 24.3 Å². The molecule has 2 aromatic carbocycles. The lowest BCUT2D eigenvalue weighted by Gasteiger charge is -2.07. The van der Waals surface area contributed by atoms with Crippen molar-refractivity contribution >= 4 is 46.3 Å². The topological polar surface area (TPSA) is 55.1 Å². The molecule has 0 aromatic heterocycles. The monoisotopic (exact) mass is 338 g/mol. The molecule has 0 bridgehead atoms. The molecule has 6 heteroatoms. The van der Waals surface area contributed by atoms with Crippen molar-refractivity contribution in [2.24, 2.45) is 5.73 Å². The second kappa shape index (κ2) is 6.89. The Morgan fingerprint density at radius 2 is 1.67 bits per heavy atom. The molecule has 0 saturated heterocycles. The highest BCUT2D eigenvalue weighted by atomic mass is 35.5. The van der Waals surface area contributed by atoms with E-state index in [9.17, 15) is 4.79 Å². The van der Waals surface area contributed by atoms with Gasteiger partial charge in [-0.05, 0) is 23.8 Å². The lowest BCUT2D eigenvalue weighted by Crippen LogP contribution is -2.22. The van der Waals surface area contributed by atoms with Gasteiger partial charge in [-0.25, -0.2) is 0 Å². The normalized spacial score (nSPS) is 10.2. The third kappa shape index (κ3) is 4.17. The number of halogens is 2. The summed E-state index contributed by atoms with van der Waals surface area (Å²) >= 11 is 16.6. The molecule has 0 saturated carbocycles. The number of nitrogens with one attached hydrogen (secondary N) is 1. The Bertz CT molecular complexity index is 687. The van der Waals surface area contributed by atoms with Gasteiger partial charge < -0.3 is 11.1 Å². The minimum atomic E-state index is -0.216. The molecule has 0 unspecified atom stereocenters. The van der Waals surface area contributed by atoms with Crippen molar-refractivity contribution in [1.82, 2.24) is 5.32 Å². The van der Waals surface area contributed by atoms with E-state index in [4.69, 9.17) is 41.2 Å².